The highest BCUT2D eigenvalue weighted by atomic mass is 16.5. The van der Waals surface area contributed by atoms with E-state index in [1.54, 1.807) is 19.5 Å². The summed E-state index contributed by atoms with van der Waals surface area (Å²) in [7, 11) is 1.62. The second-order valence-electron chi connectivity index (χ2n) is 4.21. The molecule has 0 saturated heterocycles. The molecule has 19 heavy (non-hydrogen) atoms. The van der Waals surface area contributed by atoms with Crippen molar-refractivity contribution in [2.24, 2.45) is 5.73 Å². The zero-order chi connectivity index (χ0) is 13.5. The van der Waals surface area contributed by atoms with Gasteiger partial charge in [-0.2, -0.15) is 0 Å². The van der Waals surface area contributed by atoms with E-state index in [-0.39, 0.29) is 6.04 Å². The maximum absolute atomic E-state index is 6.11. The number of nitrogens with two attached hydrogens (primary N) is 1. The van der Waals surface area contributed by atoms with Crippen molar-refractivity contribution in [1.29, 1.82) is 0 Å². The van der Waals surface area contributed by atoms with Crippen LogP contribution >= 0.6 is 0 Å². The Morgan fingerprint density at radius 1 is 1.16 bits per heavy atom. The minimum Gasteiger partial charge on any atom is -0.495 e. The first-order valence-electron chi connectivity index (χ1n) is 6.22. The lowest BCUT2D eigenvalue weighted by atomic mass is 10.1. The molecule has 4 heteroatoms. The third-order valence-corrected chi connectivity index (χ3v) is 2.84. The number of hydrogen-bond donors (Lipinski definition) is 1. The lowest BCUT2D eigenvalue weighted by Crippen LogP contribution is -2.14. The van der Waals surface area contributed by atoms with Crippen molar-refractivity contribution in [3.05, 3.63) is 54.4 Å². The first-order chi connectivity index (χ1) is 9.29. The Kier molecular flexibility index (Phi) is 4.75. The summed E-state index contributed by atoms with van der Waals surface area (Å²) in [6.45, 7) is 0.572. The van der Waals surface area contributed by atoms with Crippen molar-refractivity contribution in [3.63, 3.8) is 0 Å². The number of methoxy groups -OCH3 is 1. The Morgan fingerprint density at radius 2 is 1.95 bits per heavy atom. The lowest BCUT2D eigenvalue weighted by Gasteiger charge is -2.13. The Bertz CT molecular complexity index is 503. The Labute approximate surface area is 113 Å². The highest BCUT2D eigenvalue weighted by Crippen LogP contribution is 2.18. The Balaban J connectivity index is 1.85. The topological polar surface area (TPSA) is 57.4 Å². The van der Waals surface area contributed by atoms with E-state index in [0.717, 1.165) is 23.5 Å². The molecule has 100 valence electrons. The van der Waals surface area contributed by atoms with Crippen LogP contribution in [0.15, 0.2) is 48.8 Å². The van der Waals surface area contributed by atoms with Crippen molar-refractivity contribution in [1.82, 2.24) is 4.98 Å². The molecule has 0 fully saturated rings. The minimum absolute atomic E-state index is 0.105. The number of hydrogen-bond acceptors (Lipinski definition) is 4. The van der Waals surface area contributed by atoms with Gasteiger partial charge in [0, 0.05) is 18.7 Å². The summed E-state index contributed by atoms with van der Waals surface area (Å²) in [5.41, 5.74) is 7.06. The number of rotatable bonds is 6. The summed E-state index contributed by atoms with van der Waals surface area (Å²) in [5.74, 6) is 1.58. The largest absolute Gasteiger partial charge is 0.495 e. The van der Waals surface area contributed by atoms with Gasteiger partial charge in [-0.3, -0.25) is 4.98 Å². The summed E-state index contributed by atoms with van der Waals surface area (Å²) in [6.07, 6.45) is 4.15. The van der Waals surface area contributed by atoms with Gasteiger partial charge in [-0.15, -0.1) is 0 Å². The average Bonchev–Trinajstić information content (AvgIpc) is 2.48. The van der Waals surface area contributed by atoms with Gasteiger partial charge in [0.15, 0.2) is 0 Å². The molecule has 0 aliphatic rings. The van der Waals surface area contributed by atoms with Gasteiger partial charge in [-0.25, -0.2) is 0 Å². The standard InChI is InChI=1S/C15H18N2O2/c1-18-14-9-12(10-17-11-14)15(16)7-8-19-13-5-3-2-4-6-13/h2-6,9-11,15H,7-8,16H2,1H3. The van der Waals surface area contributed by atoms with E-state index in [1.165, 1.54) is 0 Å². The quantitative estimate of drug-likeness (QED) is 0.865. The van der Waals surface area contributed by atoms with E-state index >= 15 is 0 Å². The molecule has 0 spiro atoms. The highest BCUT2D eigenvalue weighted by Gasteiger charge is 2.08. The molecule has 4 nitrogen and oxygen atoms in total. The summed E-state index contributed by atoms with van der Waals surface area (Å²) < 4.78 is 10.8. The molecular weight excluding hydrogens is 240 g/mol. The minimum atomic E-state index is -0.105. The molecule has 0 saturated carbocycles. The molecule has 1 unspecified atom stereocenters. The van der Waals surface area contributed by atoms with Crippen LogP contribution in [-0.2, 0) is 0 Å². The second-order valence-corrected chi connectivity index (χ2v) is 4.21. The molecule has 1 aromatic heterocycles. The molecule has 0 amide bonds. The molecule has 1 heterocycles. The maximum atomic E-state index is 6.11. The van der Waals surface area contributed by atoms with Crippen LogP contribution in [0.5, 0.6) is 11.5 Å². The molecule has 0 radical (unpaired) electrons. The molecule has 0 aliphatic carbocycles. The number of benzene rings is 1. The van der Waals surface area contributed by atoms with Gasteiger partial charge >= 0.3 is 0 Å². The predicted octanol–water partition coefficient (Wildman–Crippen LogP) is 2.56. The van der Waals surface area contributed by atoms with Crippen LogP contribution in [-0.4, -0.2) is 18.7 Å². The fourth-order valence-electron chi connectivity index (χ4n) is 1.74. The van der Waals surface area contributed by atoms with E-state index in [9.17, 15) is 0 Å². The van der Waals surface area contributed by atoms with Gasteiger partial charge in [0.25, 0.3) is 0 Å². The van der Waals surface area contributed by atoms with Crippen LogP contribution in [0.2, 0.25) is 0 Å². The third-order valence-electron chi connectivity index (χ3n) is 2.84. The smallest absolute Gasteiger partial charge is 0.137 e. The van der Waals surface area contributed by atoms with Crippen molar-refractivity contribution < 1.29 is 9.47 Å². The molecule has 2 N–H and O–H groups in total. The SMILES string of the molecule is COc1cncc(C(N)CCOc2ccccc2)c1. The number of pyridine rings is 1. The number of aromatic nitrogens is 1. The van der Waals surface area contributed by atoms with Gasteiger partial charge in [0.1, 0.15) is 11.5 Å². The van der Waals surface area contributed by atoms with Crippen LogP contribution in [0.25, 0.3) is 0 Å². The molecule has 1 atom stereocenters. The van der Waals surface area contributed by atoms with Gasteiger partial charge < -0.3 is 15.2 Å². The molecule has 2 rings (SSSR count). The first-order valence-corrected chi connectivity index (χ1v) is 6.22. The molecule has 0 bridgehead atoms. The summed E-state index contributed by atoms with van der Waals surface area (Å²) in [5, 5.41) is 0. The summed E-state index contributed by atoms with van der Waals surface area (Å²) in [4.78, 5) is 4.10. The van der Waals surface area contributed by atoms with Crippen molar-refractivity contribution in [3.8, 4) is 11.5 Å². The molecular formula is C15H18N2O2. The van der Waals surface area contributed by atoms with Crippen LogP contribution in [0, 0.1) is 0 Å². The van der Waals surface area contributed by atoms with Crippen LogP contribution in [0.1, 0.15) is 18.0 Å². The van der Waals surface area contributed by atoms with E-state index < -0.39 is 0 Å². The van der Waals surface area contributed by atoms with E-state index in [1.807, 2.05) is 36.4 Å². The van der Waals surface area contributed by atoms with E-state index in [4.69, 9.17) is 15.2 Å². The monoisotopic (exact) mass is 258 g/mol. The van der Waals surface area contributed by atoms with Crippen molar-refractivity contribution in [2.45, 2.75) is 12.5 Å². The number of ether oxygens (including phenoxy) is 2. The fraction of sp³-hybridized carbons (Fsp3) is 0.267. The molecule has 2 aromatic rings. The van der Waals surface area contributed by atoms with Gasteiger partial charge in [-0.05, 0) is 23.8 Å². The van der Waals surface area contributed by atoms with Crippen LogP contribution in [0.4, 0.5) is 0 Å². The zero-order valence-corrected chi connectivity index (χ0v) is 11.0. The van der Waals surface area contributed by atoms with Gasteiger partial charge in [0.05, 0.1) is 19.9 Å². The van der Waals surface area contributed by atoms with Crippen LogP contribution in [0.3, 0.4) is 0 Å². The number of para-hydroxylation sites is 1. The summed E-state index contributed by atoms with van der Waals surface area (Å²) >= 11 is 0. The second kappa shape index (κ2) is 6.75. The summed E-state index contributed by atoms with van der Waals surface area (Å²) in [6, 6.07) is 11.5. The maximum Gasteiger partial charge on any atom is 0.137 e. The first kappa shape index (κ1) is 13.4. The normalized spacial score (nSPS) is 11.9. The Morgan fingerprint density at radius 3 is 2.68 bits per heavy atom. The highest BCUT2D eigenvalue weighted by molar-refractivity contribution is 5.25. The van der Waals surface area contributed by atoms with Crippen molar-refractivity contribution in [2.75, 3.05) is 13.7 Å². The number of nitrogens with zero attached hydrogens (tertiary/aromatic N) is 1. The zero-order valence-electron chi connectivity index (χ0n) is 11.0. The third kappa shape index (κ3) is 3.96. The predicted molar refractivity (Wildman–Crippen MR) is 74.3 cm³/mol. The van der Waals surface area contributed by atoms with Gasteiger partial charge in [0.2, 0.25) is 0 Å². The van der Waals surface area contributed by atoms with Gasteiger partial charge in [-0.1, -0.05) is 18.2 Å². The lowest BCUT2D eigenvalue weighted by molar-refractivity contribution is 0.298. The van der Waals surface area contributed by atoms with Crippen molar-refractivity contribution >= 4 is 0 Å². The fourth-order valence-corrected chi connectivity index (χ4v) is 1.74. The van der Waals surface area contributed by atoms with E-state index in [0.29, 0.717) is 6.61 Å². The Hall–Kier alpha value is -2.07. The molecule has 1 aromatic carbocycles. The van der Waals surface area contributed by atoms with E-state index in [2.05, 4.69) is 4.98 Å². The van der Waals surface area contributed by atoms with Crippen LogP contribution < -0.4 is 15.2 Å². The molecule has 0 aliphatic heterocycles. The average molecular weight is 258 g/mol.